The fourth-order valence-electron chi connectivity index (χ4n) is 1.01. The second-order valence-electron chi connectivity index (χ2n) is 2.74. The van der Waals surface area contributed by atoms with Gasteiger partial charge in [-0.2, -0.15) is 0 Å². The van der Waals surface area contributed by atoms with Crippen molar-refractivity contribution >= 4 is 5.91 Å². The zero-order valence-corrected chi connectivity index (χ0v) is 7.58. The van der Waals surface area contributed by atoms with Crippen LogP contribution in [0.15, 0.2) is 18.5 Å². The minimum Gasteiger partial charge on any atom is -0.351 e. The molecule has 0 unspecified atom stereocenters. The van der Waals surface area contributed by atoms with Crippen LogP contribution in [0.25, 0.3) is 0 Å². The molecule has 0 bridgehead atoms. The fourth-order valence-corrected chi connectivity index (χ4v) is 1.01. The molecule has 0 radical (unpaired) electrons. The molecule has 0 aliphatic heterocycles. The number of aryl methyl sites for hydroxylation is 1. The summed E-state index contributed by atoms with van der Waals surface area (Å²) in [4.78, 5) is 15.3. The average molecular weight is 179 g/mol. The molecule has 13 heavy (non-hydrogen) atoms. The maximum atomic E-state index is 11.4. The van der Waals surface area contributed by atoms with Gasteiger partial charge >= 0.3 is 0 Å². The van der Waals surface area contributed by atoms with Gasteiger partial charge in [-0.05, 0) is 18.6 Å². The van der Waals surface area contributed by atoms with Gasteiger partial charge < -0.3 is 11.1 Å². The van der Waals surface area contributed by atoms with Gasteiger partial charge in [-0.15, -0.1) is 0 Å². The topological polar surface area (TPSA) is 68.0 Å². The van der Waals surface area contributed by atoms with Crippen LogP contribution in [0, 0.1) is 6.92 Å². The van der Waals surface area contributed by atoms with Gasteiger partial charge in [0.2, 0.25) is 0 Å². The Bertz CT molecular complexity index is 299. The van der Waals surface area contributed by atoms with Crippen molar-refractivity contribution in [1.29, 1.82) is 0 Å². The van der Waals surface area contributed by atoms with E-state index in [0.29, 0.717) is 18.7 Å². The van der Waals surface area contributed by atoms with Crippen molar-refractivity contribution in [3.63, 3.8) is 0 Å². The molecule has 0 spiro atoms. The first-order valence-corrected chi connectivity index (χ1v) is 4.14. The lowest BCUT2D eigenvalue weighted by molar-refractivity contribution is 0.0954. The number of rotatable bonds is 3. The quantitative estimate of drug-likeness (QED) is 0.690. The maximum Gasteiger partial charge on any atom is 0.251 e. The van der Waals surface area contributed by atoms with Gasteiger partial charge in [0.05, 0.1) is 0 Å². The van der Waals surface area contributed by atoms with Gasteiger partial charge in [-0.1, -0.05) is 0 Å². The van der Waals surface area contributed by atoms with E-state index in [-0.39, 0.29) is 5.91 Å². The highest BCUT2D eigenvalue weighted by molar-refractivity contribution is 5.95. The Balaban J connectivity index is 2.71. The summed E-state index contributed by atoms with van der Waals surface area (Å²) in [5.74, 6) is -0.0923. The Morgan fingerprint density at radius 1 is 1.69 bits per heavy atom. The lowest BCUT2D eigenvalue weighted by atomic mass is 10.1. The van der Waals surface area contributed by atoms with E-state index in [1.54, 1.807) is 18.5 Å². The molecule has 0 fully saturated rings. The minimum absolute atomic E-state index is 0.0923. The zero-order valence-electron chi connectivity index (χ0n) is 7.58. The van der Waals surface area contributed by atoms with Crippen LogP contribution >= 0.6 is 0 Å². The molecule has 0 atom stereocenters. The van der Waals surface area contributed by atoms with Crippen LogP contribution in [-0.2, 0) is 0 Å². The van der Waals surface area contributed by atoms with E-state index >= 15 is 0 Å². The van der Waals surface area contributed by atoms with Crippen molar-refractivity contribution in [3.05, 3.63) is 29.6 Å². The summed E-state index contributed by atoms with van der Waals surface area (Å²) in [7, 11) is 0. The first-order valence-electron chi connectivity index (χ1n) is 4.14. The van der Waals surface area contributed by atoms with Crippen molar-refractivity contribution in [3.8, 4) is 0 Å². The van der Waals surface area contributed by atoms with E-state index in [1.165, 1.54) is 0 Å². The number of pyridine rings is 1. The third-order valence-electron chi connectivity index (χ3n) is 1.69. The molecule has 0 aromatic carbocycles. The monoisotopic (exact) mass is 179 g/mol. The molecule has 1 amide bonds. The lowest BCUT2D eigenvalue weighted by Crippen LogP contribution is -2.29. The highest BCUT2D eigenvalue weighted by Gasteiger charge is 2.06. The summed E-state index contributed by atoms with van der Waals surface area (Å²) in [5.41, 5.74) is 6.79. The summed E-state index contributed by atoms with van der Waals surface area (Å²) in [6.07, 6.45) is 3.27. The Kier molecular flexibility index (Phi) is 3.40. The van der Waals surface area contributed by atoms with E-state index in [1.807, 2.05) is 6.92 Å². The average Bonchev–Trinajstić information content (AvgIpc) is 2.15. The summed E-state index contributed by atoms with van der Waals surface area (Å²) in [5, 5.41) is 2.70. The molecule has 70 valence electrons. The van der Waals surface area contributed by atoms with Crippen molar-refractivity contribution in [2.24, 2.45) is 5.73 Å². The summed E-state index contributed by atoms with van der Waals surface area (Å²) in [6.45, 7) is 2.81. The van der Waals surface area contributed by atoms with Crippen LogP contribution in [0.4, 0.5) is 0 Å². The van der Waals surface area contributed by atoms with Crippen LogP contribution in [0.3, 0.4) is 0 Å². The molecule has 0 aliphatic carbocycles. The molecule has 3 N–H and O–H groups in total. The molecule has 1 heterocycles. The number of amides is 1. The van der Waals surface area contributed by atoms with Gasteiger partial charge in [-0.3, -0.25) is 9.78 Å². The standard InChI is InChI=1S/C9H13N3O/c1-7-6-11-4-2-8(7)9(13)12-5-3-10/h2,4,6H,3,5,10H2,1H3,(H,12,13). The van der Waals surface area contributed by atoms with Gasteiger partial charge in [-0.25, -0.2) is 0 Å². The molecule has 0 saturated heterocycles. The molecule has 0 saturated carbocycles. The second kappa shape index (κ2) is 4.57. The first kappa shape index (κ1) is 9.67. The predicted molar refractivity (Wildman–Crippen MR) is 50.4 cm³/mol. The highest BCUT2D eigenvalue weighted by Crippen LogP contribution is 2.03. The van der Waals surface area contributed by atoms with E-state index < -0.39 is 0 Å². The second-order valence-corrected chi connectivity index (χ2v) is 2.74. The molecular formula is C9H13N3O. The lowest BCUT2D eigenvalue weighted by Gasteiger charge is -2.04. The number of nitrogens with zero attached hydrogens (tertiary/aromatic N) is 1. The summed E-state index contributed by atoms with van der Waals surface area (Å²) in [6, 6.07) is 1.70. The van der Waals surface area contributed by atoms with Crippen LogP contribution in [0.1, 0.15) is 15.9 Å². The van der Waals surface area contributed by atoms with Gasteiger partial charge in [0.25, 0.3) is 5.91 Å². The molecule has 4 heteroatoms. The zero-order chi connectivity index (χ0) is 9.68. The smallest absolute Gasteiger partial charge is 0.251 e. The third-order valence-corrected chi connectivity index (χ3v) is 1.69. The number of hydrogen-bond donors (Lipinski definition) is 2. The maximum absolute atomic E-state index is 11.4. The fraction of sp³-hybridized carbons (Fsp3) is 0.333. The van der Waals surface area contributed by atoms with Crippen molar-refractivity contribution in [1.82, 2.24) is 10.3 Å². The van der Waals surface area contributed by atoms with Crippen LogP contribution in [0.5, 0.6) is 0 Å². The van der Waals surface area contributed by atoms with Crippen molar-refractivity contribution < 1.29 is 4.79 Å². The number of nitrogens with one attached hydrogen (secondary N) is 1. The number of hydrogen-bond acceptors (Lipinski definition) is 3. The summed E-state index contributed by atoms with van der Waals surface area (Å²) >= 11 is 0. The van der Waals surface area contributed by atoms with E-state index in [2.05, 4.69) is 10.3 Å². The van der Waals surface area contributed by atoms with E-state index in [4.69, 9.17) is 5.73 Å². The molecular weight excluding hydrogens is 166 g/mol. The largest absolute Gasteiger partial charge is 0.351 e. The number of nitrogens with two attached hydrogens (primary N) is 1. The molecule has 0 aliphatic rings. The summed E-state index contributed by atoms with van der Waals surface area (Å²) < 4.78 is 0. The normalized spacial score (nSPS) is 9.69. The SMILES string of the molecule is Cc1cnccc1C(=O)NCCN. The van der Waals surface area contributed by atoms with Gasteiger partial charge in [0.1, 0.15) is 0 Å². The Hall–Kier alpha value is -1.42. The number of aromatic nitrogens is 1. The van der Waals surface area contributed by atoms with Crippen LogP contribution in [-0.4, -0.2) is 24.0 Å². The Labute approximate surface area is 77.2 Å². The van der Waals surface area contributed by atoms with Crippen molar-refractivity contribution in [2.75, 3.05) is 13.1 Å². The Morgan fingerprint density at radius 2 is 2.46 bits per heavy atom. The first-order chi connectivity index (χ1) is 6.25. The number of carbonyl (C=O) groups excluding carboxylic acids is 1. The number of carbonyl (C=O) groups is 1. The van der Waals surface area contributed by atoms with Gasteiger partial charge in [0.15, 0.2) is 0 Å². The van der Waals surface area contributed by atoms with E-state index in [0.717, 1.165) is 5.56 Å². The predicted octanol–water partition coefficient (Wildman–Crippen LogP) is 0.0785. The highest BCUT2D eigenvalue weighted by atomic mass is 16.1. The van der Waals surface area contributed by atoms with Crippen molar-refractivity contribution in [2.45, 2.75) is 6.92 Å². The minimum atomic E-state index is -0.0923. The van der Waals surface area contributed by atoms with Crippen LogP contribution < -0.4 is 11.1 Å². The van der Waals surface area contributed by atoms with Crippen LogP contribution in [0.2, 0.25) is 0 Å². The van der Waals surface area contributed by atoms with Gasteiger partial charge in [0, 0.05) is 31.0 Å². The third kappa shape index (κ3) is 2.52. The molecule has 4 nitrogen and oxygen atoms in total. The molecule has 1 rings (SSSR count). The van der Waals surface area contributed by atoms with E-state index in [9.17, 15) is 4.79 Å². The molecule has 1 aromatic rings. The Morgan fingerprint density at radius 3 is 3.08 bits per heavy atom. The molecule has 1 aromatic heterocycles.